The smallest absolute Gasteiger partial charge is 0.299 e. The van der Waals surface area contributed by atoms with Crippen LogP contribution in [-0.2, 0) is 0 Å². The van der Waals surface area contributed by atoms with E-state index in [-0.39, 0.29) is 5.75 Å². The van der Waals surface area contributed by atoms with Crippen molar-refractivity contribution in [3.63, 3.8) is 0 Å². The van der Waals surface area contributed by atoms with Gasteiger partial charge in [-0.1, -0.05) is 16.4 Å². The average molecular weight is 225 g/mol. The lowest BCUT2D eigenvalue weighted by molar-refractivity contribution is 0.436. The first kappa shape index (κ1) is 9.85. The van der Waals surface area contributed by atoms with E-state index >= 15 is 0 Å². The fourth-order valence-corrected chi connectivity index (χ4v) is 1.56. The highest BCUT2D eigenvalue weighted by atomic mass is 32.1. The third-order valence-electron chi connectivity index (χ3n) is 1.66. The van der Waals surface area contributed by atoms with Crippen molar-refractivity contribution in [2.24, 2.45) is 0 Å². The molecule has 2 N–H and O–H groups in total. The Labute approximate surface area is 89.5 Å². The first-order valence-corrected chi connectivity index (χ1v) is 5.00. The van der Waals surface area contributed by atoms with Crippen molar-refractivity contribution in [2.75, 3.05) is 5.73 Å². The molecule has 4 nitrogen and oxygen atoms in total. The highest BCUT2D eigenvalue weighted by molar-refractivity contribution is 7.13. The molecule has 0 aliphatic rings. The monoisotopic (exact) mass is 225 g/mol. The number of benzene rings is 1. The zero-order valence-electron chi connectivity index (χ0n) is 7.90. The molecular weight excluding hydrogens is 217 g/mol. The molecule has 0 radical (unpaired) electrons. The Morgan fingerprint density at radius 1 is 1.40 bits per heavy atom. The van der Waals surface area contributed by atoms with E-state index in [2.05, 4.69) is 10.2 Å². The number of ether oxygens (including phenoxy) is 1. The van der Waals surface area contributed by atoms with Gasteiger partial charge in [-0.25, -0.2) is 4.39 Å². The molecule has 0 fully saturated rings. The third kappa shape index (κ3) is 2.21. The van der Waals surface area contributed by atoms with E-state index in [4.69, 9.17) is 10.5 Å². The number of aryl methyl sites for hydroxylation is 1. The van der Waals surface area contributed by atoms with Crippen molar-refractivity contribution in [1.29, 1.82) is 0 Å². The summed E-state index contributed by atoms with van der Waals surface area (Å²) in [7, 11) is 0. The fourth-order valence-electron chi connectivity index (χ4n) is 1.01. The molecule has 78 valence electrons. The molecule has 1 aromatic carbocycles. The number of halogens is 1. The lowest BCUT2D eigenvalue weighted by Crippen LogP contribution is -1.90. The first-order valence-electron chi connectivity index (χ1n) is 4.18. The van der Waals surface area contributed by atoms with Gasteiger partial charge in [0.15, 0.2) is 11.6 Å². The molecule has 2 aromatic rings. The van der Waals surface area contributed by atoms with Gasteiger partial charge in [0.2, 0.25) is 0 Å². The Hall–Kier alpha value is -1.69. The van der Waals surface area contributed by atoms with E-state index in [0.29, 0.717) is 10.9 Å². The summed E-state index contributed by atoms with van der Waals surface area (Å²) in [6, 6.07) is 4.22. The second-order valence-corrected chi connectivity index (χ2v) is 4.02. The Balaban J connectivity index is 2.24. The van der Waals surface area contributed by atoms with Crippen molar-refractivity contribution in [3.05, 3.63) is 29.0 Å². The normalized spacial score (nSPS) is 10.3. The van der Waals surface area contributed by atoms with Gasteiger partial charge in [-0.15, -0.1) is 5.10 Å². The minimum atomic E-state index is -0.511. The molecular formula is C9H8FN3OS. The standard InChI is InChI=1S/C9H8FN3OS/c1-5-12-13-9(15-5)14-8-3-2-6(11)4-7(8)10/h2-4H,11H2,1H3. The van der Waals surface area contributed by atoms with E-state index in [1.54, 1.807) is 13.0 Å². The molecule has 2 rings (SSSR count). The summed E-state index contributed by atoms with van der Waals surface area (Å²) in [5.41, 5.74) is 5.76. The topological polar surface area (TPSA) is 61.0 Å². The van der Waals surface area contributed by atoms with Crippen LogP contribution in [0.2, 0.25) is 0 Å². The fraction of sp³-hybridized carbons (Fsp3) is 0.111. The minimum absolute atomic E-state index is 0.0975. The molecule has 0 aliphatic carbocycles. The first-order chi connectivity index (χ1) is 7.15. The van der Waals surface area contributed by atoms with Crippen LogP contribution in [-0.4, -0.2) is 10.2 Å². The van der Waals surface area contributed by atoms with Crippen molar-refractivity contribution in [1.82, 2.24) is 10.2 Å². The lowest BCUT2D eigenvalue weighted by Gasteiger charge is -2.02. The van der Waals surface area contributed by atoms with Crippen LogP contribution in [0.4, 0.5) is 10.1 Å². The Morgan fingerprint density at radius 3 is 2.80 bits per heavy atom. The number of nitrogens with zero attached hydrogens (tertiary/aromatic N) is 2. The summed E-state index contributed by atoms with van der Waals surface area (Å²) in [6.45, 7) is 1.80. The van der Waals surface area contributed by atoms with Crippen LogP contribution in [0.5, 0.6) is 10.9 Å². The molecule has 0 spiro atoms. The molecule has 0 aliphatic heterocycles. The zero-order chi connectivity index (χ0) is 10.8. The van der Waals surface area contributed by atoms with E-state index in [1.165, 1.54) is 23.5 Å². The summed E-state index contributed by atoms with van der Waals surface area (Å²) < 4.78 is 18.5. The van der Waals surface area contributed by atoms with Crippen LogP contribution in [0, 0.1) is 12.7 Å². The van der Waals surface area contributed by atoms with E-state index in [1.807, 2.05) is 0 Å². The van der Waals surface area contributed by atoms with Gasteiger partial charge in [-0.2, -0.15) is 0 Å². The Morgan fingerprint density at radius 2 is 2.20 bits per heavy atom. The SMILES string of the molecule is Cc1nnc(Oc2ccc(N)cc2F)s1. The Bertz CT molecular complexity index is 486. The number of nitrogen functional groups attached to an aromatic ring is 1. The predicted octanol–water partition coefficient (Wildman–Crippen LogP) is 2.36. The highest BCUT2D eigenvalue weighted by Crippen LogP contribution is 2.27. The second kappa shape index (κ2) is 3.82. The molecule has 1 aromatic heterocycles. The van der Waals surface area contributed by atoms with Gasteiger partial charge in [0.05, 0.1) is 0 Å². The van der Waals surface area contributed by atoms with Gasteiger partial charge in [-0.05, 0) is 19.1 Å². The van der Waals surface area contributed by atoms with E-state index in [0.717, 1.165) is 5.01 Å². The summed E-state index contributed by atoms with van der Waals surface area (Å²) in [5.74, 6) is -0.414. The highest BCUT2D eigenvalue weighted by Gasteiger charge is 2.08. The largest absolute Gasteiger partial charge is 0.427 e. The minimum Gasteiger partial charge on any atom is -0.427 e. The van der Waals surface area contributed by atoms with Crippen molar-refractivity contribution >= 4 is 17.0 Å². The maximum atomic E-state index is 13.3. The van der Waals surface area contributed by atoms with Gasteiger partial charge in [0.25, 0.3) is 5.19 Å². The molecule has 0 unspecified atom stereocenters. The number of hydrogen-bond donors (Lipinski definition) is 1. The molecule has 15 heavy (non-hydrogen) atoms. The van der Waals surface area contributed by atoms with Gasteiger partial charge in [0, 0.05) is 11.8 Å². The molecule has 0 bridgehead atoms. The van der Waals surface area contributed by atoms with Crippen LogP contribution < -0.4 is 10.5 Å². The molecule has 1 heterocycles. The molecule has 0 saturated heterocycles. The lowest BCUT2D eigenvalue weighted by atomic mass is 10.3. The van der Waals surface area contributed by atoms with Crippen molar-refractivity contribution in [2.45, 2.75) is 6.92 Å². The summed E-state index contributed by atoms with van der Waals surface area (Å²) >= 11 is 1.25. The van der Waals surface area contributed by atoms with Gasteiger partial charge in [-0.3, -0.25) is 0 Å². The van der Waals surface area contributed by atoms with Crippen LogP contribution in [0.1, 0.15) is 5.01 Å². The summed E-state index contributed by atoms with van der Waals surface area (Å²) in [5, 5.41) is 8.56. The molecule has 0 amide bonds. The Kier molecular flexibility index (Phi) is 2.51. The van der Waals surface area contributed by atoms with Gasteiger partial charge in [0.1, 0.15) is 5.01 Å². The van der Waals surface area contributed by atoms with Gasteiger partial charge < -0.3 is 10.5 Å². The summed E-state index contributed by atoms with van der Waals surface area (Å²) in [6.07, 6.45) is 0. The number of nitrogens with two attached hydrogens (primary N) is 1. The van der Waals surface area contributed by atoms with Crippen LogP contribution >= 0.6 is 11.3 Å². The zero-order valence-corrected chi connectivity index (χ0v) is 8.71. The van der Waals surface area contributed by atoms with Crippen LogP contribution in [0.25, 0.3) is 0 Å². The second-order valence-electron chi connectivity index (χ2n) is 2.88. The quantitative estimate of drug-likeness (QED) is 0.797. The van der Waals surface area contributed by atoms with E-state index in [9.17, 15) is 4.39 Å². The van der Waals surface area contributed by atoms with Crippen LogP contribution in [0.3, 0.4) is 0 Å². The predicted molar refractivity (Wildman–Crippen MR) is 55.5 cm³/mol. The summed E-state index contributed by atoms with van der Waals surface area (Å²) in [4.78, 5) is 0. The van der Waals surface area contributed by atoms with Gasteiger partial charge >= 0.3 is 0 Å². The average Bonchev–Trinajstić information content (AvgIpc) is 2.56. The molecule has 6 heteroatoms. The van der Waals surface area contributed by atoms with Crippen LogP contribution in [0.15, 0.2) is 18.2 Å². The maximum absolute atomic E-state index is 13.3. The number of aromatic nitrogens is 2. The maximum Gasteiger partial charge on any atom is 0.299 e. The number of rotatable bonds is 2. The van der Waals surface area contributed by atoms with Crippen molar-refractivity contribution < 1.29 is 9.13 Å². The molecule has 0 saturated carbocycles. The molecule has 0 atom stereocenters. The third-order valence-corrected chi connectivity index (χ3v) is 2.38. The van der Waals surface area contributed by atoms with E-state index < -0.39 is 5.82 Å². The number of hydrogen-bond acceptors (Lipinski definition) is 5. The van der Waals surface area contributed by atoms with Crippen molar-refractivity contribution in [3.8, 4) is 10.9 Å². The number of anilines is 1.